The number of aliphatic carboxylic acids is 1. The molecule has 0 rings (SSSR count). The lowest BCUT2D eigenvalue weighted by molar-refractivity contribution is -0.156. The second-order valence-electron chi connectivity index (χ2n) is 5.43. The smallest absolute Gasteiger partial charge is 0.320 e. The van der Waals surface area contributed by atoms with Crippen molar-refractivity contribution in [2.75, 3.05) is 0 Å². The van der Waals surface area contributed by atoms with Gasteiger partial charge in [0.05, 0.1) is 12.3 Å². The molecule has 0 aromatic rings. The van der Waals surface area contributed by atoms with E-state index in [0.717, 1.165) is 19.3 Å². The Hall–Kier alpha value is -1.65. The Morgan fingerprint density at radius 1 is 1.05 bits per heavy atom. The van der Waals surface area contributed by atoms with Crippen LogP contribution in [-0.2, 0) is 19.1 Å². The largest absolute Gasteiger partial charge is 0.481 e. The molecule has 0 amide bonds. The van der Waals surface area contributed by atoms with E-state index < -0.39 is 17.9 Å². The number of ether oxygens (including phenoxy) is 1. The molecule has 0 spiro atoms. The number of unbranched alkanes of at least 4 members (excludes halogenated alkanes) is 8. The van der Waals surface area contributed by atoms with E-state index in [0.29, 0.717) is 0 Å². The lowest BCUT2D eigenvalue weighted by Crippen LogP contribution is -2.18. The van der Waals surface area contributed by atoms with E-state index >= 15 is 0 Å². The molecule has 0 bridgehead atoms. The summed E-state index contributed by atoms with van der Waals surface area (Å²) in [4.78, 5) is 32.2. The van der Waals surface area contributed by atoms with E-state index in [-0.39, 0.29) is 12.9 Å². The Morgan fingerprint density at radius 3 is 2.18 bits per heavy atom. The molecule has 1 N–H and O–H groups in total. The lowest BCUT2D eigenvalue weighted by atomic mass is 10.0. The molecule has 1 atom stereocenters. The SMILES string of the molecule is CCCCCCCCCCC=CC(CC(=O)O)C(=O)OC=O. The van der Waals surface area contributed by atoms with E-state index in [9.17, 15) is 14.4 Å². The van der Waals surface area contributed by atoms with Crippen LogP contribution in [0.25, 0.3) is 0 Å². The van der Waals surface area contributed by atoms with Gasteiger partial charge in [-0.2, -0.15) is 0 Å². The van der Waals surface area contributed by atoms with Crippen LogP contribution < -0.4 is 0 Å². The summed E-state index contributed by atoms with van der Waals surface area (Å²) in [7, 11) is 0. The zero-order valence-corrected chi connectivity index (χ0v) is 13.5. The highest BCUT2D eigenvalue weighted by molar-refractivity contribution is 5.84. The van der Waals surface area contributed by atoms with Crippen molar-refractivity contribution in [3.8, 4) is 0 Å². The van der Waals surface area contributed by atoms with Crippen LogP contribution in [0.15, 0.2) is 12.2 Å². The Morgan fingerprint density at radius 2 is 1.64 bits per heavy atom. The van der Waals surface area contributed by atoms with Gasteiger partial charge in [0.1, 0.15) is 0 Å². The third-order valence-corrected chi connectivity index (χ3v) is 3.45. The lowest BCUT2D eigenvalue weighted by Gasteiger charge is -2.06. The Balaban J connectivity index is 3.83. The van der Waals surface area contributed by atoms with Gasteiger partial charge in [-0.05, 0) is 12.8 Å². The number of carbonyl (C=O) groups is 3. The van der Waals surface area contributed by atoms with Gasteiger partial charge < -0.3 is 9.84 Å². The highest BCUT2D eigenvalue weighted by atomic mass is 16.6. The minimum atomic E-state index is -1.09. The number of carbonyl (C=O) groups excluding carboxylic acids is 2. The summed E-state index contributed by atoms with van der Waals surface area (Å²) in [5, 5.41) is 8.73. The molecule has 0 fully saturated rings. The molecule has 0 heterocycles. The molecular formula is C17H28O5. The first-order chi connectivity index (χ1) is 10.6. The van der Waals surface area contributed by atoms with E-state index in [2.05, 4.69) is 11.7 Å². The molecule has 22 heavy (non-hydrogen) atoms. The normalized spacial score (nSPS) is 12.2. The molecule has 0 saturated carbocycles. The van der Waals surface area contributed by atoms with Crippen LogP contribution in [0.5, 0.6) is 0 Å². The number of carboxylic acids is 1. The Labute approximate surface area is 132 Å². The van der Waals surface area contributed by atoms with E-state index in [1.54, 1.807) is 6.08 Å². The molecule has 1 unspecified atom stereocenters. The topological polar surface area (TPSA) is 80.7 Å². The predicted octanol–water partition coefficient (Wildman–Crippen LogP) is 3.86. The first kappa shape index (κ1) is 20.3. The number of rotatable bonds is 14. The van der Waals surface area contributed by atoms with Crippen molar-refractivity contribution in [1.82, 2.24) is 0 Å². The molecule has 0 aliphatic carbocycles. The third kappa shape index (κ3) is 12.1. The molecule has 0 aliphatic heterocycles. The number of carboxylic acid groups (broad SMARTS) is 1. The summed E-state index contributed by atoms with van der Waals surface area (Å²) < 4.78 is 4.21. The van der Waals surface area contributed by atoms with Crippen LogP contribution in [0.1, 0.15) is 71.1 Å². The van der Waals surface area contributed by atoms with Crippen molar-refractivity contribution in [2.24, 2.45) is 5.92 Å². The fourth-order valence-electron chi connectivity index (χ4n) is 2.21. The molecule has 5 heteroatoms. The average Bonchev–Trinajstić information content (AvgIpc) is 2.47. The quantitative estimate of drug-likeness (QED) is 0.173. The molecular weight excluding hydrogens is 284 g/mol. The van der Waals surface area contributed by atoms with Gasteiger partial charge in [-0.25, -0.2) is 0 Å². The number of esters is 1. The summed E-state index contributed by atoms with van der Waals surface area (Å²) in [6.45, 7) is 2.23. The summed E-state index contributed by atoms with van der Waals surface area (Å²) >= 11 is 0. The van der Waals surface area contributed by atoms with Gasteiger partial charge in [0.15, 0.2) is 0 Å². The maximum Gasteiger partial charge on any atom is 0.320 e. The summed E-state index contributed by atoms with van der Waals surface area (Å²) in [6, 6.07) is 0. The first-order valence-corrected chi connectivity index (χ1v) is 8.14. The summed E-state index contributed by atoms with van der Waals surface area (Å²) in [6.07, 6.45) is 13.6. The van der Waals surface area contributed by atoms with Crippen LogP contribution in [0.2, 0.25) is 0 Å². The van der Waals surface area contributed by atoms with Crippen molar-refractivity contribution in [2.45, 2.75) is 71.1 Å². The monoisotopic (exact) mass is 312 g/mol. The van der Waals surface area contributed by atoms with Crippen LogP contribution in [0, 0.1) is 5.92 Å². The Bertz CT molecular complexity index is 349. The molecule has 5 nitrogen and oxygen atoms in total. The van der Waals surface area contributed by atoms with Gasteiger partial charge in [-0.1, -0.05) is 64.0 Å². The zero-order chi connectivity index (χ0) is 16.6. The van der Waals surface area contributed by atoms with E-state index in [4.69, 9.17) is 5.11 Å². The van der Waals surface area contributed by atoms with E-state index in [1.165, 1.54) is 44.6 Å². The fourth-order valence-corrected chi connectivity index (χ4v) is 2.21. The van der Waals surface area contributed by atoms with Gasteiger partial charge in [0.25, 0.3) is 0 Å². The summed E-state index contributed by atoms with van der Waals surface area (Å²) in [5.74, 6) is -2.80. The second kappa shape index (κ2) is 14.3. The summed E-state index contributed by atoms with van der Waals surface area (Å²) in [5.41, 5.74) is 0. The van der Waals surface area contributed by atoms with Gasteiger partial charge in [0.2, 0.25) is 0 Å². The molecule has 0 aliphatic rings. The molecule has 0 saturated heterocycles. The van der Waals surface area contributed by atoms with Gasteiger partial charge in [-0.15, -0.1) is 0 Å². The van der Waals surface area contributed by atoms with Gasteiger partial charge in [0, 0.05) is 0 Å². The van der Waals surface area contributed by atoms with Crippen molar-refractivity contribution in [1.29, 1.82) is 0 Å². The zero-order valence-electron chi connectivity index (χ0n) is 13.5. The highest BCUT2D eigenvalue weighted by Crippen LogP contribution is 2.12. The molecule has 0 radical (unpaired) electrons. The maximum absolute atomic E-state index is 11.4. The number of hydrogen-bond donors (Lipinski definition) is 1. The minimum absolute atomic E-state index is 0.0313. The highest BCUT2D eigenvalue weighted by Gasteiger charge is 2.20. The van der Waals surface area contributed by atoms with E-state index in [1.807, 2.05) is 0 Å². The van der Waals surface area contributed by atoms with Crippen molar-refractivity contribution in [3.05, 3.63) is 12.2 Å². The van der Waals surface area contributed by atoms with Crippen molar-refractivity contribution >= 4 is 18.4 Å². The van der Waals surface area contributed by atoms with Gasteiger partial charge >= 0.3 is 18.4 Å². The Kier molecular flexibility index (Phi) is 13.2. The van der Waals surface area contributed by atoms with Crippen LogP contribution in [0.4, 0.5) is 0 Å². The van der Waals surface area contributed by atoms with Crippen molar-refractivity contribution < 1.29 is 24.2 Å². The fraction of sp³-hybridized carbons (Fsp3) is 0.706. The average molecular weight is 312 g/mol. The molecule has 0 aromatic heterocycles. The predicted molar refractivity (Wildman–Crippen MR) is 84.3 cm³/mol. The maximum atomic E-state index is 11.4. The molecule has 0 aromatic carbocycles. The number of allylic oxidation sites excluding steroid dienone is 1. The van der Waals surface area contributed by atoms with Crippen LogP contribution in [-0.4, -0.2) is 23.5 Å². The van der Waals surface area contributed by atoms with Crippen molar-refractivity contribution in [3.63, 3.8) is 0 Å². The first-order valence-electron chi connectivity index (χ1n) is 8.14. The third-order valence-electron chi connectivity index (χ3n) is 3.45. The second-order valence-corrected chi connectivity index (χ2v) is 5.43. The standard InChI is InChI=1S/C17H28O5/c1-2-3-4-5-6-7-8-9-10-11-12-15(13-16(19)20)17(21)22-14-18/h11-12,14-15H,2-10,13H2,1H3,(H,19,20). The minimum Gasteiger partial charge on any atom is -0.481 e. The molecule has 126 valence electrons. The number of hydrogen-bond acceptors (Lipinski definition) is 4. The van der Waals surface area contributed by atoms with Crippen LogP contribution in [0.3, 0.4) is 0 Å². The van der Waals surface area contributed by atoms with Gasteiger partial charge in [-0.3, -0.25) is 14.4 Å². The van der Waals surface area contributed by atoms with Crippen LogP contribution >= 0.6 is 0 Å².